The summed E-state index contributed by atoms with van der Waals surface area (Å²) in [6, 6.07) is 20.4. The first-order valence-electron chi connectivity index (χ1n) is 8.68. The van der Waals surface area contributed by atoms with Crippen molar-refractivity contribution in [3.63, 3.8) is 0 Å². The molecule has 0 saturated heterocycles. The topological polar surface area (TPSA) is 70.5 Å². The molecule has 0 atom stereocenters. The van der Waals surface area contributed by atoms with Gasteiger partial charge in [0.2, 0.25) is 0 Å². The minimum atomic E-state index is -4.02. The van der Waals surface area contributed by atoms with E-state index in [0.29, 0.717) is 0 Å². The molecule has 1 N–H and O–H groups in total. The zero-order valence-electron chi connectivity index (χ0n) is 16.0. The first-order chi connectivity index (χ1) is 13.3. The van der Waals surface area contributed by atoms with Gasteiger partial charge in [0.1, 0.15) is 0 Å². The van der Waals surface area contributed by atoms with E-state index < -0.39 is 10.1 Å². The second-order valence-electron chi connectivity index (χ2n) is 6.25. The molecule has 3 aromatic rings. The predicted octanol–water partition coefficient (Wildman–Crippen LogP) is 4.49. The summed E-state index contributed by atoms with van der Waals surface area (Å²) >= 11 is 0. The molecule has 28 heavy (non-hydrogen) atoms. The fourth-order valence-electron chi connectivity index (χ4n) is 2.40. The van der Waals surface area contributed by atoms with Crippen molar-refractivity contribution in [2.24, 2.45) is 0 Å². The molecule has 6 heteroatoms. The maximum Gasteiger partial charge on any atom is 0.294 e. The first kappa shape index (κ1) is 21.3. The van der Waals surface area contributed by atoms with Gasteiger partial charge in [0.05, 0.1) is 4.90 Å². The maximum atomic E-state index is 10.5. The Bertz CT molecular complexity index is 1000. The fourth-order valence-corrected chi connectivity index (χ4v) is 2.88. The highest BCUT2D eigenvalue weighted by Gasteiger charge is 2.06. The van der Waals surface area contributed by atoms with Crippen molar-refractivity contribution in [3.8, 4) is 0 Å². The minimum Gasteiger partial charge on any atom is -0.352 e. The van der Waals surface area contributed by atoms with Crippen molar-refractivity contribution < 1.29 is 13.0 Å². The van der Waals surface area contributed by atoms with Crippen LogP contribution in [0, 0.1) is 6.92 Å². The average Bonchev–Trinajstić information content (AvgIpc) is 2.68. The second-order valence-corrected chi connectivity index (χ2v) is 7.67. The third-order valence-corrected chi connectivity index (χ3v) is 4.90. The fraction of sp³-hybridized carbons (Fsp3) is 0.136. The highest BCUT2D eigenvalue weighted by molar-refractivity contribution is 7.85. The van der Waals surface area contributed by atoms with Crippen LogP contribution >= 0.6 is 0 Å². The molecule has 0 amide bonds. The van der Waals surface area contributed by atoms with Gasteiger partial charge in [0, 0.05) is 31.0 Å². The molecular formula is C22H24N2O3S. The van der Waals surface area contributed by atoms with Gasteiger partial charge in [0.15, 0.2) is 0 Å². The molecule has 0 saturated carbocycles. The van der Waals surface area contributed by atoms with Crippen molar-refractivity contribution in [1.29, 1.82) is 0 Å². The first-order valence-corrected chi connectivity index (χ1v) is 10.1. The average molecular weight is 397 g/mol. The molecule has 0 unspecified atom stereocenters. The number of benzene rings is 2. The van der Waals surface area contributed by atoms with E-state index in [1.807, 2.05) is 37.2 Å². The van der Waals surface area contributed by atoms with Gasteiger partial charge in [-0.2, -0.15) is 8.42 Å². The largest absolute Gasteiger partial charge is 0.352 e. The molecule has 1 heterocycles. The van der Waals surface area contributed by atoms with Crippen molar-refractivity contribution in [3.05, 3.63) is 103 Å². The van der Waals surface area contributed by atoms with Gasteiger partial charge in [-0.3, -0.25) is 9.54 Å². The van der Waals surface area contributed by atoms with Crippen LogP contribution in [0.15, 0.2) is 90.6 Å². The molecule has 0 spiro atoms. The van der Waals surface area contributed by atoms with Gasteiger partial charge >= 0.3 is 0 Å². The number of rotatable bonds is 5. The van der Waals surface area contributed by atoms with Crippen molar-refractivity contribution in [2.75, 3.05) is 11.9 Å². The van der Waals surface area contributed by atoms with Gasteiger partial charge in [-0.05, 0) is 43.0 Å². The molecule has 0 aliphatic heterocycles. The van der Waals surface area contributed by atoms with E-state index in [2.05, 4.69) is 41.9 Å². The zero-order chi connectivity index (χ0) is 20.6. The molecule has 5 nitrogen and oxygen atoms in total. The molecule has 0 bridgehead atoms. The van der Waals surface area contributed by atoms with Gasteiger partial charge < -0.3 is 4.90 Å². The summed E-state index contributed by atoms with van der Waals surface area (Å²) in [5, 5.41) is 0. The van der Waals surface area contributed by atoms with Crippen LogP contribution in [0.4, 0.5) is 5.69 Å². The molecule has 0 aliphatic rings. The molecule has 3 rings (SSSR count). The van der Waals surface area contributed by atoms with Crippen LogP contribution in [0.5, 0.6) is 0 Å². The Morgan fingerprint density at radius 3 is 2.29 bits per heavy atom. The Labute approximate surface area is 166 Å². The molecular weight excluding hydrogens is 372 g/mol. The number of hydrogen-bond donors (Lipinski definition) is 1. The van der Waals surface area contributed by atoms with E-state index in [-0.39, 0.29) is 4.90 Å². The monoisotopic (exact) mass is 396 g/mol. The maximum absolute atomic E-state index is 10.5. The Kier molecular flexibility index (Phi) is 7.49. The van der Waals surface area contributed by atoms with Gasteiger partial charge in [-0.1, -0.05) is 54.6 Å². The third-order valence-electron chi connectivity index (χ3n) is 4.03. The lowest BCUT2D eigenvalue weighted by molar-refractivity contribution is 0.483. The summed E-state index contributed by atoms with van der Waals surface area (Å²) in [5.74, 6) is 0. The van der Waals surface area contributed by atoms with E-state index in [1.165, 1.54) is 17.7 Å². The quantitative estimate of drug-likeness (QED) is 0.643. The van der Waals surface area contributed by atoms with E-state index in [4.69, 9.17) is 4.55 Å². The third kappa shape index (κ3) is 6.64. The van der Waals surface area contributed by atoms with Crippen LogP contribution < -0.4 is 4.90 Å². The van der Waals surface area contributed by atoms with Gasteiger partial charge in [-0.15, -0.1) is 0 Å². The van der Waals surface area contributed by atoms with E-state index in [1.54, 1.807) is 18.3 Å². The Hall–Kier alpha value is -2.96. The molecule has 0 radical (unpaired) electrons. The predicted molar refractivity (Wildman–Crippen MR) is 113 cm³/mol. The van der Waals surface area contributed by atoms with E-state index in [0.717, 1.165) is 23.4 Å². The van der Waals surface area contributed by atoms with Crippen LogP contribution in [0.3, 0.4) is 0 Å². The summed E-state index contributed by atoms with van der Waals surface area (Å²) in [7, 11) is -2.04. The normalized spacial score (nSPS) is 10.5. The van der Waals surface area contributed by atoms with E-state index in [9.17, 15) is 8.42 Å². The number of nitrogens with zero attached hydrogens (tertiary/aromatic N) is 2. The summed E-state index contributed by atoms with van der Waals surface area (Å²) in [4.78, 5) is 6.31. The standard InChI is InChI=1S/C15H16N2.C7H8O3S/c1-3-17(2)15-9-10-16-14(12-15)11-13-7-5-4-6-8-13;1-6-2-4-7(5-3-6)11(8,9)10/h3-10,12H,1,11H2,2H3;2-5H,1H3,(H,8,9,10). The number of aryl methyl sites for hydroxylation is 1. The van der Waals surface area contributed by atoms with Crippen LogP contribution in [0.1, 0.15) is 16.8 Å². The van der Waals surface area contributed by atoms with E-state index >= 15 is 0 Å². The molecule has 146 valence electrons. The van der Waals surface area contributed by atoms with Crippen LogP contribution in [-0.2, 0) is 16.5 Å². The Morgan fingerprint density at radius 1 is 1.07 bits per heavy atom. The van der Waals surface area contributed by atoms with Gasteiger partial charge in [0.25, 0.3) is 10.1 Å². The Balaban J connectivity index is 0.000000221. The smallest absolute Gasteiger partial charge is 0.294 e. The minimum absolute atomic E-state index is 0.0666. The SMILES string of the molecule is C=CN(C)c1ccnc(Cc2ccccc2)c1.Cc1ccc(S(=O)(=O)O)cc1. The van der Waals surface area contributed by atoms with Crippen molar-refractivity contribution in [1.82, 2.24) is 4.98 Å². The lowest BCUT2D eigenvalue weighted by Crippen LogP contribution is -2.07. The Morgan fingerprint density at radius 2 is 1.71 bits per heavy atom. The number of anilines is 1. The summed E-state index contributed by atoms with van der Waals surface area (Å²) in [5.41, 5.74) is 4.42. The lowest BCUT2D eigenvalue weighted by Gasteiger charge is -2.14. The van der Waals surface area contributed by atoms with Gasteiger partial charge in [-0.25, -0.2) is 0 Å². The van der Waals surface area contributed by atoms with Crippen LogP contribution in [0.25, 0.3) is 0 Å². The zero-order valence-corrected chi connectivity index (χ0v) is 16.8. The molecule has 0 fully saturated rings. The number of hydrogen-bond acceptors (Lipinski definition) is 4. The van der Waals surface area contributed by atoms with Crippen molar-refractivity contribution in [2.45, 2.75) is 18.2 Å². The lowest BCUT2D eigenvalue weighted by atomic mass is 10.1. The summed E-state index contributed by atoms with van der Waals surface area (Å²) < 4.78 is 29.6. The second kappa shape index (κ2) is 9.82. The summed E-state index contributed by atoms with van der Waals surface area (Å²) in [6.45, 7) is 5.60. The van der Waals surface area contributed by atoms with Crippen molar-refractivity contribution >= 4 is 15.8 Å². The highest BCUT2D eigenvalue weighted by atomic mass is 32.2. The molecule has 0 aliphatic carbocycles. The molecule has 2 aromatic carbocycles. The highest BCUT2D eigenvalue weighted by Crippen LogP contribution is 2.15. The van der Waals surface area contributed by atoms with Crippen LogP contribution in [0.2, 0.25) is 0 Å². The number of pyridine rings is 1. The molecule has 1 aromatic heterocycles. The summed E-state index contributed by atoms with van der Waals surface area (Å²) in [6.07, 6.45) is 4.49. The van der Waals surface area contributed by atoms with Crippen LogP contribution in [-0.4, -0.2) is 25.0 Å². The number of aromatic nitrogens is 1.